The largest absolute Gasteiger partial charge is 0.330 e. The summed E-state index contributed by atoms with van der Waals surface area (Å²) < 4.78 is 2.39. The van der Waals surface area contributed by atoms with Crippen LogP contribution in [-0.4, -0.2) is 39.6 Å². The summed E-state index contributed by atoms with van der Waals surface area (Å²) in [7, 11) is 0. The van der Waals surface area contributed by atoms with Crippen molar-refractivity contribution in [3.8, 4) is 16.9 Å². The van der Waals surface area contributed by atoms with Gasteiger partial charge in [0.25, 0.3) is 5.91 Å². The molecule has 4 aromatic rings. The van der Waals surface area contributed by atoms with Crippen LogP contribution < -0.4 is 5.32 Å². The number of halogens is 3. The van der Waals surface area contributed by atoms with Crippen molar-refractivity contribution >= 4 is 56.8 Å². The molecule has 0 spiro atoms. The Balaban J connectivity index is 1.61. The highest BCUT2D eigenvalue weighted by Crippen LogP contribution is 2.29. The van der Waals surface area contributed by atoms with Crippen LogP contribution in [0.5, 0.6) is 0 Å². The van der Waals surface area contributed by atoms with Gasteiger partial charge in [0.05, 0.1) is 21.4 Å². The number of hydrogen-bond acceptors (Lipinski definition) is 3. The van der Waals surface area contributed by atoms with E-state index in [1.807, 2.05) is 43.3 Å². The maximum atomic E-state index is 13.0. The van der Waals surface area contributed by atoms with Gasteiger partial charge in [-0.2, -0.15) is 5.10 Å². The number of anilines is 1. The lowest BCUT2D eigenvalue weighted by Gasteiger charge is -2.20. The Morgan fingerprint density at radius 2 is 1.74 bits per heavy atom. The van der Waals surface area contributed by atoms with E-state index >= 15 is 0 Å². The van der Waals surface area contributed by atoms with E-state index < -0.39 is 0 Å². The molecule has 9 heteroatoms. The van der Waals surface area contributed by atoms with Gasteiger partial charge in [0.2, 0.25) is 5.91 Å². The first-order valence-electron chi connectivity index (χ1n) is 10.8. The van der Waals surface area contributed by atoms with Crippen molar-refractivity contribution in [1.29, 1.82) is 0 Å². The lowest BCUT2D eigenvalue weighted by Crippen LogP contribution is -2.38. The van der Waals surface area contributed by atoms with Crippen LogP contribution in [0.2, 0.25) is 10.0 Å². The second kappa shape index (κ2) is 11.1. The van der Waals surface area contributed by atoms with Gasteiger partial charge in [-0.05, 0) is 43.3 Å². The molecule has 1 N–H and O–H groups in total. The standard InChI is InChI=1S/C26H21BrCl2N4O2/c1-2-32(26(35)18-9-6-10-19(27)13-18)16-25(34)30-24-15-23(17-7-4-3-5-8-17)31-33(24)20-11-12-21(28)22(29)14-20/h3-15H,2,16H2,1H3,(H,30,34). The van der Waals surface area contributed by atoms with Gasteiger partial charge in [0.15, 0.2) is 0 Å². The van der Waals surface area contributed by atoms with Gasteiger partial charge in [0.1, 0.15) is 12.4 Å². The minimum atomic E-state index is -0.351. The molecule has 0 unspecified atom stereocenters. The predicted molar refractivity (Wildman–Crippen MR) is 143 cm³/mol. The highest BCUT2D eigenvalue weighted by molar-refractivity contribution is 9.10. The Morgan fingerprint density at radius 3 is 2.43 bits per heavy atom. The fraction of sp³-hybridized carbons (Fsp3) is 0.115. The van der Waals surface area contributed by atoms with Crippen molar-refractivity contribution in [3.63, 3.8) is 0 Å². The molecule has 2 amide bonds. The number of nitrogens with one attached hydrogen (secondary N) is 1. The topological polar surface area (TPSA) is 67.2 Å². The second-order valence-corrected chi connectivity index (χ2v) is 9.40. The monoisotopic (exact) mass is 570 g/mol. The molecule has 0 radical (unpaired) electrons. The van der Waals surface area contributed by atoms with E-state index in [0.29, 0.717) is 39.4 Å². The van der Waals surface area contributed by atoms with Crippen LogP contribution >= 0.6 is 39.1 Å². The first kappa shape index (κ1) is 25.0. The van der Waals surface area contributed by atoms with E-state index in [2.05, 4.69) is 26.3 Å². The van der Waals surface area contributed by atoms with Crippen LogP contribution in [0.15, 0.2) is 83.3 Å². The summed E-state index contributed by atoms with van der Waals surface area (Å²) in [5.74, 6) is -0.138. The summed E-state index contributed by atoms with van der Waals surface area (Å²) >= 11 is 15.7. The highest BCUT2D eigenvalue weighted by atomic mass is 79.9. The summed E-state index contributed by atoms with van der Waals surface area (Å²) in [6, 6.07) is 23.6. The summed E-state index contributed by atoms with van der Waals surface area (Å²) in [6.07, 6.45) is 0. The molecule has 0 atom stereocenters. The van der Waals surface area contributed by atoms with Gasteiger partial charge in [-0.3, -0.25) is 9.59 Å². The quantitative estimate of drug-likeness (QED) is 0.268. The number of likely N-dealkylation sites (N-methyl/N-ethyl adjacent to an activating group) is 1. The maximum Gasteiger partial charge on any atom is 0.254 e. The molecule has 0 bridgehead atoms. The van der Waals surface area contributed by atoms with Crippen molar-refractivity contribution in [2.75, 3.05) is 18.4 Å². The third kappa shape index (κ3) is 5.93. The number of hydrogen-bond donors (Lipinski definition) is 1. The minimum Gasteiger partial charge on any atom is -0.330 e. The van der Waals surface area contributed by atoms with E-state index in [9.17, 15) is 9.59 Å². The zero-order valence-electron chi connectivity index (χ0n) is 18.7. The van der Waals surface area contributed by atoms with Crippen LogP contribution in [0, 0.1) is 0 Å². The van der Waals surface area contributed by atoms with Crippen molar-refractivity contribution in [2.45, 2.75) is 6.92 Å². The molecule has 35 heavy (non-hydrogen) atoms. The molecule has 0 aliphatic heterocycles. The molecule has 1 aromatic heterocycles. The number of aromatic nitrogens is 2. The van der Waals surface area contributed by atoms with Gasteiger partial charge >= 0.3 is 0 Å². The van der Waals surface area contributed by atoms with Crippen molar-refractivity contribution in [3.05, 3.63) is 98.9 Å². The summed E-state index contributed by atoms with van der Waals surface area (Å²) in [4.78, 5) is 27.5. The molecule has 0 aliphatic carbocycles. The number of rotatable bonds is 7. The molecule has 1 heterocycles. The van der Waals surface area contributed by atoms with Crippen LogP contribution in [0.25, 0.3) is 16.9 Å². The number of nitrogens with zero attached hydrogens (tertiary/aromatic N) is 3. The van der Waals surface area contributed by atoms with E-state index in [-0.39, 0.29) is 18.4 Å². The Labute approximate surface area is 221 Å². The van der Waals surface area contributed by atoms with E-state index in [0.717, 1.165) is 10.0 Å². The maximum absolute atomic E-state index is 13.0. The van der Waals surface area contributed by atoms with Gasteiger partial charge in [-0.1, -0.05) is 75.5 Å². The summed E-state index contributed by atoms with van der Waals surface area (Å²) in [5.41, 5.74) is 2.70. The molecule has 0 saturated carbocycles. The molecular weight excluding hydrogens is 551 g/mol. The van der Waals surface area contributed by atoms with Gasteiger partial charge in [-0.15, -0.1) is 0 Å². The van der Waals surface area contributed by atoms with Crippen molar-refractivity contribution in [2.24, 2.45) is 0 Å². The molecule has 178 valence electrons. The van der Waals surface area contributed by atoms with Gasteiger partial charge in [0, 0.05) is 28.2 Å². The minimum absolute atomic E-state index is 0.116. The van der Waals surface area contributed by atoms with Crippen LogP contribution in [0.1, 0.15) is 17.3 Å². The lowest BCUT2D eigenvalue weighted by atomic mass is 10.1. The first-order valence-corrected chi connectivity index (χ1v) is 12.4. The van der Waals surface area contributed by atoms with Crippen molar-refractivity contribution < 1.29 is 9.59 Å². The zero-order chi connectivity index (χ0) is 24.9. The second-order valence-electron chi connectivity index (χ2n) is 7.67. The Morgan fingerprint density at radius 1 is 0.971 bits per heavy atom. The zero-order valence-corrected chi connectivity index (χ0v) is 21.8. The average molecular weight is 572 g/mol. The molecular formula is C26H21BrCl2N4O2. The fourth-order valence-corrected chi connectivity index (χ4v) is 4.21. The van der Waals surface area contributed by atoms with Crippen LogP contribution in [0.3, 0.4) is 0 Å². The normalized spacial score (nSPS) is 10.7. The lowest BCUT2D eigenvalue weighted by molar-refractivity contribution is -0.116. The molecule has 3 aromatic carbocycles. The third-order valence-corrected chi connectivity index (χ3v) is 6.50. The Bertz CT molecular complexity index is 1380. The van der Waals surface area contributed by atoms with E-state index in [4.69, 9.17) is 23.2 Å². The van der Waals surface area contributed by atoms with Crippen molar-refractivity contribution in [1.82, 2.24) is 14.7 Å². The molecule has 6 nitrogen and oxygen atoms in total. The fourth-order valence-electron chi connectivity index (χ4n) is 3.52. The summed E-state index contributed by atoms with van der Waals surface area (Å²) in [5, 5.41) is 8.37. The van der Waals surface area contributed by atoms with Crippen LogP contribution in [-0.2, 0) is 4.79 Å². The molecule has 0 fully saturated rings. The third-order valence-electron chi connectivity index (χ3n) is 5.27. The smallest absolute Gasteiger partial charge is 0.254 e. The SMILES string of the molecule is CCN(CC(=O)Nc1cc(-c2ccccc2)nn1-c1ccc(Cl)c(Cl)c1)C(=O)c1cccc(Br)c1. The van der Waals surface area contributed by atoms with Gasteiger partial charge in [-0.25, -0.2) is 4.68 Å². The first-order chi connectivity index (χ1) is 16.9. The highest BCUT2D eigenvalue weighted by Gasteiger charge is 2.20. The Kier molecular flexibility index (Phi) is 7.90. The van der Waals surface area contributed by atoms with E-state index in [1.165, 1.54) is 4.90 Å². The molecule has 0 aliphatic rings. The van der Waals surface area contributed by atoms with Gasteiger partial charge < -0.3 is 10.2 Å². The van der Waals surface area contributed by atoms with Crippen LogP contribution in [0.4, 0.5) is 5.82 Å². The predicted octanol–water partition coefficient (Wildman–Crippen LogP) is 6.71. The molecule has 0 saturated heterocycles. The Hall–Kier alpha value is -3.13. The average Bonchev–Trinajstić information content (AvgIpc) is 3.28. The molecule has 4 rings (SSSR count). The number of carbonyl (C=O) groups is 2. The number of carbonyl (C=O) groups excluding carboxylic acids is 2. The van der Waals surface area contributed by atoms with E-state index in [1.54, 1.807) is 47.1 Å². The number of benzene rings is 3. The number of amides is 2. The summed E-state index contributed by atoms with van der Waals surface area (Å²) in [6.45, 7) is 2.09.